The number of anilines is 1. The van der Waals surface area contributed by atoms with Gasteiger partial charge in [0.2, 0.25) is 0 Å². The van der Waals surface area contributed by atoms with E-state index in [2.05, 4.69) is 0 Å². The monoisotopic (exact) mass is 297 g/mol. The summed E-state index contributed by atoms with van der Waals surface area (Å²) in [7, 11) is 3.99. The fourth-order valence-electron chi connectivity index (χ4n) is 2.27. The molecule has 4 heteroatoms. The van der Waals surface area contributed by atoms with E-state index in [0.29, 0.717) is 12.1 Å². The first-order valence-corrected chi connectivity index (χ1v) is 7.33. The summed E-state index contributed by atoms with van der Waals surface area (Å²) in [5, 5.41) is 17.3. The molecule has 4 N–H and O–H groups in total. The second-order valence-electron chi connectivity index (χ2n) is 5.66. The van der Waals surface area contributed by atoms with Gasteiger partial charge in [-0.1, -0.05) is 36.4 Å². The molecular formula is C18H23N3O. The van der Waals surface area contributed by atoms with Crippen LogP contribution in [-0.4, -0.2) is 37.6 Å². The van der Waals surface area contributed by atoms with Gasteiger partial charge in [-0.25, -0.2) is 0 Å². The SMILES string of the molecule is CN(C)c1ccc(C(=N)c2ccc(CC(N)CO)cc2)cc1. The second-order valence-corrected chi connectivity index (χ2v) is 5.66. The number of nitrogens with one attached hydrogen (secondary N) is 1. The summed E-state index contributed by atoms with van der Waals surface area (Å²) in [6, 6.07) is 15.5. The number of nitrogens with zero attached hydrogens (tertiary/aromatic N) is 1. The Bertz CT molecular complexity index is 618. The molecule has 1 atom stereocenters. The lowest BCUT2D eigenvalue weighted by molar-refractivity contribution is 0.265. The molecule has 0 fully saturated rings. The highest BCUT2D eigenvalue weighted by Crippen LogP contribution is 2.16. The summed E-state index contributed by atoms with van der Waals surface area (Å²) in [6.45, 7) is -0.0181. The van der Waals surface area contributed by atoms with E-state index in [-0.39, 0.29) is 12.6 Å². The van der Waals surface area contributed by atoms with Gasteiger partial charge in [-0.2, -0.15) is 0 Å². The molecule has 0 aliphatic carbocycles. The predicted octanol–water partition coefficient (Wildman–Crippen LogP) is 2.03. The van der Waals surface area contributed by atoms with Gasteiger partial charge in [0.25, 0.3) is 0 Å². The minimum Gasteiger partial charge on any atom is -0.395 e. The number of rotatable bonds is 6. The van der Waals surface area contributed by atoms with E-state index in [1.807, 2.05) is 67.5 Å². The molecule has 0 spiro atoms. The number of aliphatic hydroxyl groups is 1. The van der Waals surface area contributed by atoms with Crippen molar-refractivity contribution in [2.45, 2.75) is 12.5 Å². The minimum atomic E-state index is -0.233. The molecule has 0 aromatic heterocycles. The number of aliphatic hydroxyl groups excluding tert-OH is 1. The number of hydrogen-bond donors (Lipinski definition) is 3. The van der Waals surface area contributed by atoms with E-state index in [1.165, 1.54) is 0 Å². The van der Waals surface area contributed by atoms with Gasteiger partial charge in [-0.05, 0) is 24.1 Å². The molecule has 0 saturated heterocycles. The van der Waals surface area contributed by atoms with Crippen LogP contribution in [0.15, 0.2) is 48.5 Å². The van der Waals surface area contributed by atoms with Crippen molar-refractivity contribution < 1.29 is 5.11 Å². The average molecular weight is 297 g/mol. The van der Waals surface area contributed by atoms with Crippen LogP contribution in [0.1, 0.15) is 16.7 Å². The van der Waals surface area contributed by atoms with Crippen LogP contribution >= 0.6 is 0 Å². The van der Waals surface area contributed by atoms with Crippen molar-refractivity contribution in [1.82, 2.24) is 0 Å². The number of nitrogens with two attached hydrogens (primary N) is 1. The molecule has 0 heterocycles. The van der Waals surface area contributed by atoms with Crippen LogP contribution in [0.3, 0.4) is 0 Å². The Morgan fingerprint density at radius 3 is 2.00 bits per heavy atom. The summed E-state index contributed by atoms with van der Waals surface area (Å²) in [5.74, 6) is 0. The summed E-state index contributed by atoms with van der Waals surface area (Å²) in [5.41, 5.74) is 10.2. The lowest BCUT2D eigenvalue weighted by Gasteiger charge is -2.13. The molecular weight excluding hydrogens is 274 g/mol. The van der Waals surface area contributed by atoms with E-state index in [4.69, 9.17) is 16.2 Å². The molecule has 0 amide bonds. The Morgan fingerprint density at radius 2 is 1.55 bits per heavy atom. The molecule has 0 bridgehead atoms. The van der Waals surface area contributed by atoms with E-state index in [0.717, 1.165) is 22.4 Å². The zero-order valence-corrected chi connectivity index (χ0v) is 13.1. The first kappa shape index (κ1) is 16.2. The van der Waals surface area contributed by atoms with Crippen LogP contribution in [0, 0.1) is 5.41 Å². The van der Waals surface area contributed by atoms with Gasteiger partial charge >= 0.3 is 0 Å². The molecule has 2 aromatic rings. The van der Waals surface area contributed by atoms with Crippen LogP contribution in [0.2, 0.25) is 0 Å². The molecule has 0 aliphatic rings. The van der Waals surface area contributed by atoms with Crippen molar-refractivity contribution in [2.24, 2.45) is 5.73 Å². The molecule has 1 unspecified atom stereocenters. The molecule has 0 aliphatic heterocycles. The maximum absolute atomic E-state index is 8.99. The van der Waals surface area contributed by atoms with Crippen LogP contribution in [0.25, 0.3) is 0 Å². The van der Waals surface area contributed by atoms with Crippen molar-refractivity contribution in [1.29, 1.82) is 5.41 Å². The Balaban J connectivity index is 2.12. The summed E-state index contributed by atoms with van der Waals surface area (Å²) in [6.07, 6.45) is 0.641. The van der Waals surface area contributed by atoms with Gasteiger partial charge in [0.1, 0.15) is 0 Å². The van der Waals surface area contributed by atoms with Gasteiger partial charge in [0.05, 0.1) is 12.3 Å². The van der Waals surface area contributed by atoms with Crippen LogP contribution in [0.4, 0.5) is 5.69 Å². The average Bonchev–Trinajstić information content (AvgIpc) is 2.55. The van der Waals surface area contributed by atoms with Gasteiger partial charge < -0.3 is 15.7 Å². The molecule has 2 rings (SSSR count). The second kappa shape index (κ2) is 7.20. The Kier molecular flexibility index (Phi) is 5.31. The molecule has 22 heavy (non-hydrogen) atoms. The fraction of sp³-hybridized carbons (Fsp3) is 0.278. The van der Waals surface area contributed by atoms with E-state index >= 15 is 0 Å². The van der Waals surface area contributed by atoms with E-state index in [9.17, 15) is 0 Å². The fourth-order valence-corrected chi connectivity index (χ4v) is 2.27. The van der Waals surface area contributed by atoms with E-state index < -0.39 is 0 Å². The summed E-state index contributed by atoms with van der Waals surface area (Å²) in [4.78, 5) is 2.03. The van der Waals surface area contributed by atoms with E-state index in [1.54, 1.807) is 0 Å². The first-order valence-electron chi connectivity index (χ1n) is 7.33. The minimum absolute atomic E-state index is 0.0181. The number of benzene rings is 2. The van der Waals surface area contributed by atoms with Crippen molar-refractivity contribution in [3.63, 3.8) is 0 Å². The zero-order valence-electron chi connectivity index (χ0n) is 13.1. The topological polar surface area (TPSA) is 73.3 Å². The third kappa shape index (κ3) is 3.93. The lowest BCUT2D eigenvalue weighted by Crippen LogP contribution is -2.26. The molecule has 4 nitrogen and oxygen atoms in total. The Labute approximate surface area is 131 Å². The summed E-state index contributed by atoms with van der Waals surface area (Å²) >= 11 is 0. The Morgan fingerprint density at radius 1 is 1.05 bits per heavy atom. The normalized spacial score (nSPS) is 12.0. The lowest BCUT2D eigenvalue weighted by atomic mass is 9.99. The molecule has 0 radical (unpaired) electrons. The van der Waals surface area contributed by atoms with Gasteiger partial charge in [0, 0.05) is 37.0 Å². The van der Waals surface area contributed by atoms with Crippen molar-refractivity contribution in [3.05, 3.63) is 65.2 Å². The van der Waals surface area contributed by atoms with Gasteiger partial charge in [-0.15, -0.1) is 0 Å². The quantitative estimate of drug-likeness (QED) is 0.714. The van der Waals surface area contributed by atoms with Crippen molar-refractivity contribution in [2.75, 3.05) is 25.6 Å². The van der Waals surface area contributed by atoms with Gasteiger partial charge in [-0.3, -0.25) is 5.41 Å². The molecule has 116 valence electrons. The maximum Gasteiger partial charge on any atom is 0.0684 e. The zero-order chi connectivity index (χ0) is 16.1. The molecule has 0 saturated carbocycles. The highest BCUT2D eigenvalue weighted by Gasteiger charge is 2.07. The highest BCUT2D eigenvalue weighted by atomic mass is 16.3. The number of hydrogen-bond acceptors (Lipinski definition) is 4. The van der Waals surface area contributed by atoms with Crippen LogP contribution in [0.5, 0.6) is 0 Å². The highest BCUT2D eigenvalue weighted by molar-refractivity contribution is 6.10. The molecule has 2 aromatic carbocycles. The first-order chi connectivity index (χ1) is 10.5. The van der Waals surface area contributed by atoms with Gasteiger partial charge in [0.15, 0.2) is 0 Å². The van der Waals surface area contributed by atoms with Crippen LogP contribution in [-0.2, 0) is 6.42 Å². The van der Waals surface area contributed by atoms with Crippen molar-refractivity contribution in [3.8, 4) is 0 Å². The smallest absolute Gasteiger partial charge is 0.0684 e. The largest absolute Gasteiger partial charge is 0.395 e. The van der Waals surface area contributed by atoms with Crippen LogP contribution < -0.4 is 10.6 Å². The standard InChI is InChI=1S/C18H23N3O/c1-21(2)17-9-7-15(8-10-17)18(20)14-5-3-13(4-6-14)11-16(19)12-22/h3-10,16,20,22H,11-12,19H2,1-2H3. The third-order valence-electron chi connectivity index (χ3n) is 3.65. The maximum atomic E-state index is 8.99. The summed E-state index contributed by atoms with van der Waals surface area (Å²) < 4.78 is 0. The third-order valence-corrected chi connectivity index (χ3v) is 3.65. The van der Waals surface area contributed by atoms with Crippen molar-refractivity contribution >= 4 is 11.4 Å². The Hall–Kier alpha value is -2.17. The predicted molar refractivity (Wildman–Crippen MR) is 91.9 cm³/mol.